The summed E-state index contributed by atoms with van der Waals surface area (Å²) in [4.78, 5) is 10.8. The van der Waals surface area contributed by atoms with Gasteiger partial charge in [-0.25, -0.2) is 18.7 Å². The topological polar surface area (TPSA) is 57.7 Å². The molecule has 0 aromatic carbocycles. The molecule has 1 saturated heterocycles. The number of hydrogen-bond acceptors (Lipinski definition) is 4. The van der Waals surface area contributed by atoms with Gasteiger partial charge < -0.3 is 4.90 Å². The molecular formula is C14H17F2N5. The summed E-state index contributed by atoms with van der Waals surface area (Å²) in [7, 11) is 0. The second-order valence-electron chi connectivity index (χ2n) is 5.23. The summed E-state index contributed by atoms with van der Waals surface area (Å²) in [6.45, 7) is 2.58. The van der Waals surface area contributed by atoms with Crippen LogP contribution in [0.5, 0.6) is 0 Å². The molecule has 112 valence electrons. The lowest BCUT2D eigenvalue weighted by atomic mass is 10.1. The molecule has 0 radical (unpaired) electrons. The third-order valence-corrected chi connectivity index (χ3v) is 3.70. The van der Waals surface area contributed by atoms with Gasteiger partial charge in [0.05, 0.1) is 11.9 Å². The van der Waals surface area contributed by atoms with Crippen LogP contribution in [0.3, 0.4) is 0 Å². The maximum Gasteiger partial charge on any atom is 0.251 e. The van der Waals surface area contributed by atoms with Crippen molar-refractivity contribution in [1.29, 1.82) is 0 Å². The molecule has 0 bridgehead atoms. The maximum absolute atomic E-state index is 13.3. The molecule has 0 aliphatic carbocycles. The number of rotatable bonds is 3. The predicted molar refractivity (Wildman–Crippen MR) is 75.4 cm³/mol. The average molecular weight is 293 g/mol. The van der Waals surface area contributed by atoms with Gasteiger partial charge in [0.15, 0.2) is 0 Å². The normalized spacial score (nSPS) is 18.0. The van der Waals surface area contributed by atoms with Crippen molar-refractivity contribution in [2.45, 2.75) is 32.1 Å². The number of alkyl halides is 2. The van der Waals surface area contributed by atoms with Gasteiger partial charge in [0.1, 0.15) is 0 Å². The van der Waals surface area contributed by atoms with Crippen molar-refractivity contribution >= 4 is 5.95 Å². The number of nitrogens with one attached hydrogen (secondary N) is 1. The molecule has 2 aromatic heterocycles. The summed E-state index contributed by atoms with van der Waals surface area (Å²) < 4.78 is 26.5. The molecule has 0 saturated carbocycles. The molecule has 3 heterocycles. The van der Waals surface area contributed by atoms with Crippen LogP contribution in [-0.4, -0.2) is 39.2 Å². The summed E-state index contributed by atoms with van der Waals surface area (Å²) in [6.07, 6.45) is 3.93. The van der Waals surface area contributed by atoms with Gasteiger partial charge in [-0.2, -0.15) is 5.10 Å². The third-order valence-electron chi connectivity index (χ3n) is 3.70. The number of halogens is 2. The Labute approximate surface area is 121 Å². The van der Waals surface area contributed by atoms with E-state index in [1.54, 1.807) is 12.4 Å². The molecular weight excluding hydrogens is 276 g/mol. The van der Waals surface area contributed by atoms with Gasteiger partial charge >= 0.3 is 0 Å². The fourth-order valence-corrected chi connectivity index (χ4v) is 2.38. The minimum absolute atomic E-state index is 0.145. The lowest BCUT2D eigenvalue weighted by molar-refractivity contribution is -0.0222. The van der Waals surface area contributed by atoms with Crippen LogP contribution in [0.15, 0.2) is 18.5 Å². The molecule has 0 spiro atoms. The van der Waals surface area contributed by atoms with E-state index in [0.29, 0.717) is 5.95 Å². The summed E-state index contributed by atoms with van der Waals surface area (Å²) in [5.41, 5.74) is 2.53. The van der Waals surface area contributed by atoms with Gasteiger partial charge in [0.2, 0.25) is 5.95 Å². The lowest BCUT2D eigenvalue weighted by Gasteiger charge is -2.32. The zero-order chi connectivity index (χ0) is 14.9. The molecule has 1 aliphatic rings. The zero-order valence-electron chi connectivity index (χ0n) is 11.8. The van der Waals surface area contributed by atoms with Crippen molar-refractivity contribution in [3.8, 4) is 11.3 Å². The molecule has 0 amide bonds. The molecule has 1 fully saturated rings. The molecule has 1 aliphatic heterocycles. The van der Waals surface area contributed by atoms with Crippen molar-refractivity contribution in [1.82, 2.24) is 20.2 Å². The third kappa shape index (κ3) is 3.01. The van der Waals surface area contributed by atoms with E-state index in [4.69, 9.17) is 0 Å². The lowest BCUT2D eigenvalue weighted by Crippen LogP contribution is -2.40. The van der Waals surface area contributed by atoms with Crippen LogP contribution < -0.4 is 4.90 Å². The number of hydrogen-bond donors (Lipinski definition) is 1. The van der Waals surface area contributed by atoms with Crippen LogP contribution in [0.2, 0.25) is 0 Å². The van der Waals surface area contributed by atoms with Gasteiger partial charge in [0, 0.05) is 43.4 Å². The largest absolute Gasteiger partial charge is 0.340 e. The first kappa shape index (κ1) is 13.9. The molecule has 2 aromatic rings. The fourth-order valence-electron chi connectivity index (χ4n) is 2.38. The SMILES string of the molecule is CCc1cc(-c2cn[nH]c2)nc(N2CCC(F)(F)CC2)n1. The monoisotopic (exact) mass is 293 g/mol. The van der Waals surface area contributed by atoms with E-state index in [1.165, 1.54) is 0 Å². The average Bonchev–Trinajstić information content (AvgIpc) is 3.01. The number of piperidine rings is 1. The van der Waals surface area contributed by atoms with Gasteiger partial charge in [-0.1, -0.05) is 6.92 Å². The molecule has 0 atom stereocenters. The Bertz CT molecular complexity index is 602. The van der Waals surface area contributed by atoms with Crippen molar-refractivity contribution in [2.75, 3.05) is 18.0 Å². The minimum atomic E-state index is -2.56. The molecule has 7 heteroatoms. The first-order valence-corrected chi connectivity index (χ1v) is 7.07. The fraction of sp³-hybridized carbons (Fsp3) is 0.500. The highest BCUT2D eigenvalue weighted by atomic mass is 19.3. The van der Waals surface area contributed by atoms with E-state index in [-0.39, 0.29) is 25.9 Å². The Balaban J connectivity index is 1.90. The highest BCUT2D eigenvalue weighted by Gasteiger charge is 2.34. The zero-order valence-corrected chi connectivity index (χ0v) is 11.8. The van der Waals surface area contributed by atoms with Gasteiger partial charge in [-0.3, -0.25) is 5.10 Å². The van der Waals surface area contributed by atoms with E-state index < -0.39 is 5.92 Å². The van der Waals surface area contributed by atoms with E-state index in [9.17, 15) is 8.78 Å². The first-order chi connectivity index (χ1) is 10.1. The van der Waals surface area contributed by atoms with Crippen LogP contribution in [0.25, 0.3) is 11.3 Å². The van der Waals surface area contributed by atoms with Gasteiger partial charge in [0.25, 0.3) is 5.92 Å². The molecule has 1 N–H and O–H groups in total. The standard InChI is InChI=1S/C14H17F2N5/c1-2-11-7-12(10-8-17-18-9-10)20-13(19-11)21-5-3-14(15,16)4-6-21/h7-9H,2-6H2,1H3,(H,17,18). The Morgan fingerprint density at radius 1 is 1.29 bits per heavy atom. The maximum atomic E-state index is 13.3. The van der Waals surface area contributed by atoms with E-state index in [1.807, 2.05) is 17.9 Å². The Morgan fingerprint density at radius 3 is 2.67 bits per heavy atom. The molecule has 0 unspecified atom stereocenters. The number of aryl methyl sites for hydroxylation is 1. The second kappa shape index (κ2) is 5.38. The van der Waals surface area contributed by atoms with Crippen molar-refractivity contribution < 1.29 is 8.78 Å². The molecule has 3 rings (SSSR count). The van der Waals surface area contributed by atoms with Gasteiger partial charge in [-0.15, -0.1) is 0 Å². The second-order valence-corrected chi connectivity index (χ2v) is 5.23. The van der Waals surface area contributed by atoms with E-state index in [0.717, 1.165) is 23.4 Å². The van der Waals surface area contributed by atoms with Crippen LogP contribution in [-0.2, 0) is 6.42 Å². The predicted octanol–water partition coefficient (Wildman–Crippen LogP) is 2.66. The van der Waals surface area contributed by atoms with E-state index >= 15 is 0 Å². The van der Waals surface area contributed by atoms with Crippen molar-refractivity contribution in [3.05, 3.63) is 24.2 Å². The number of nitrogens with zero attached hydrogens (tertiary/aromatic N) is 4. The number of anilines is 1. The summed E-state index contributed by atoms with van der Waals surface area (Å²) in [5.74, 6) is -2.03. The highest BCUT2D eigenvalue weighted by Crippen LogP contribution is 2.30. The first-order valence-electron chi connectivity index (χ1n) is 7.07. The van der Waals surface area contributed by atoms with Crippen LogP contribution >= 0.6 is 0 Å². The van der Waals surface area contributed by atoms with E-state index in [2.05, 4.69) is 20.2 Å². The quantitative estimate of drug-likeness (QED) is 0.945. The summed E-state index contributed by atoms with van der Waals surface area (Å²) in [6, 6.07) is 1.91. The summed E-state index contributed by atoms with van der Waals surface area (Å²) >= 11 is 0. The smallest absolute Gasteiger partial charge is 0.251 e. The Kier molecular flexibility index (Phi) is 3.57. The minimum Gasteiger partial charge on any atom is -0.340 e. The molecule has 21 heavy (non-hydrogen) atoms. The highest BCUT2D eigenvalue weighted by molar-refractivity contribution is 5.59. The number of H-pyrrole nitrogens is 1. The van der Waals surface area contributed by atoms with Crippen molar-refractivity contribution in [3.63, 3.8) is 0 Å². The summed E-state index contributed by atoms with van der Waals surface area (Å²) in [5, 5.41) is 6.67. The van der Waals surface area contributed by atoms with Crippen LogP contribution in [0, 0.1) is 0 Å². The number of aromatic amines is 1. The van der Waals surface area contributed by atoms with Crippen LogP contribution in [0.4, 0.5) is 14.7 Å². The number of aromatic nitrogens is 4. The van der Waals surface area contributed by atoms with Gasteiger partial charge in [-0.05, 0) is 12.5 Å². The Hall–Kier alpha value is -2.05. The van der Waals surface area contributed by atoms with Crippen molar-refractivity contribution in [2.24, 2.45) is 0 Å². The molecule has 5 nitrogen and oxygen atoms in total. The Morgan fingerprint density at radius 2 is 2.05 bits per heavy atom. The van der Waals surface area contributed by atoms with Crippen LogP contribution in [0.1, 0.15) is 25.5 Å².